The maximum Gasteiger partial charge on any atom is 0.259 e. The third kappa shape index (κ3) is 9.75. The summed E-state index contributed by atoms with van der Waals surface area (Å²) in [4.78, 5) is 44.5. The molecule has 2 aromatic heterocycles. The maximum absolute atomic E-state index is 15.1. The molecule has 4 aromatic rings. The zero-order valence-electron chi connectivity index (χ0n) is 33.6. The molecule has 14 heteroatoms. The summed E-state index contributed by atoms with van der Waals surface area (Å²) < 4.78 is 26.8. The van der Waals surface area contributed by atoms with Gasteiger partial charge < -0.3 is 35.4 Å². The number of nitrogens with one attached hydrogen (secondary N) is 3. The number of rotatable bonds is 12. The van der Waals surface area contributed by atoms with E-state index < -0.39 is 18.3 Å². The van der Waals surface area contributed by atoms with E-state index in [-0.39, 0.29) is 46.2 Å². The lowest BCUT2D eigenvalue weighted by Gasteiger charge is -2.45. The lowest BCUT2D eigenvalue weighted by molar-refractivity contribution is -0.111. The van der Waals surface area contributed by atoms with E-state index in [1.807, 2.05) is 52.8 Å². The Hall–Kier alpha value is -5.44. The number of amides is 2. The summed E-state index contributed by atoms with van der Waals surface area (Å²) in [5.74, 6) is -0.760. The van der Waals surface area contributed by atoms with E-state index in [0.717, 1.165) is 56.9 Å². The Morgan fingerprint density at radius 1 is 1.07 bits per heavy atom. The molecular formula is C43H53FN8O5. The fourth-order valence-electron chi connectivity index (χ4n) is 7.25. The first kappa shape index (κ1) is 41.2. The molecule has 2 saturated heterocycles. The molecule has 0 saturated carbocycles. The molecule has 1 atom stereocenters. The van der Waals surface area contributed by atoms with Crippen LogP contribution in [0.15, 0.2) is 67.5 Å². The third-order valence-corrected chi connectivity index (χ3v) is 10.3. The van der Waals surface area contributed by atoms with Crippen molar-refractivity contribution < 1.29 is 28.6 Å². The summed E-state index contributed by atoms with van der Waals surface area (Å²) in [5, 5.41) is 19.6. The van der Waals surface area contributed by atoms with Crippen molar-refractivity contribution in [1.82, 2.24) is 19.9 Å². The molecule has 0 radical (unpaired) electrons. The van der Waals surface area contributed by atoms with Gasteiger partial charge in [0.1, 0.15) is 11.6 Å². The van der Waals surface area contributed by atoms with Gasteiger partial charge in [-0.05, 0) is 87.1 Å². The second-order valence-electron chi connectivity index (χ2n) is 15.7. The zero-order valence-corrected chi connectivity index (χ0v) is 33.6. The number of piperazine rings is 1. The van der Waals surface area contributed by atoms with E-state index in [0.29, 0.717) is 34.5 Å². The number of nitrogens with zero attached hydrogens (tertiary/aromatic N) is 5. The molecule has 302 valence electrons. The lowest BCUT2D eigenvalue weighted by atomic mass is 9.86. The number of aromatic nitrogens is 3. The molecule has 2 fully saturated rings. The molecule has 2 aliphatic rings. The van der Waals surface area contributed by atoms with Crippen molar-refractivity contribution in [3.05, 3.63) is 90.0 Å². The van der Waals surface area contributed by atoms with Crippen LogP contribution in [0.1, 0.15) is 75.9 Å². The number of halogens is 1. The first-order valence-electron chi connectivity index (χ1n) is 19.4. The highest BCUT2D eigenvalue weighted by Crippen LogP contribution is 2.36. The average molecular weight is 781 g/mol. The van der Waals surface area contributed by atoms with E-state index in [4.69, 9.17) is 14.5 Å². The van der Waals surface area contributed by atoms with Gasteiger partial charge in [-0.2, -0.15) is 0 Å². The second kappa shape index (κ2) is 17.8. The predicted octanol–water partition coefficient (Wildman–Crippen LogP) is 7.06. The van der Waals surface area contributed by atoms with Gasteiger partial charge in [-0.1, -0.05) is 33.4 Å². The normalized spacial score (nSPS) is 16.6. The van der Waals surface area contributed by atoms with Crippen molar-refractivity contribution in [2.24, 2.45) is 0 Å². The van der Waals surface area contributed by atoms with Gasteiger partial charge in [0.25, 0.3) is 5.91 Å². The summed E-state index contributed by atoms with van der Waals surface area (Å²) >= 11 is 0. The van der Waals surface area contributed by atoms with E-state index in [2.05, 4.69) is 49.2 Å². The molecule has 57 heavy (non-hydrogen) atoms. The number of aliphatic hydroxyl groups excluding tert-OH is 1. The zero-order chi connectivity index (χ0) is 40.9. The highest BCUT2D eigenvalue weighted by Gasteiger charge is 2.31. The monoisotopic (exact) mass is 780 g/mol. The van der Waals surface area contributed by atoms with Crippen molar-refractivity contribution in [2.75, 3.05) is 53.7 Å². The number of pyridine rings is 1. The summed E-state index contributed by atoms with van der Waals surface area (Å²) in [6, 6.07) is 12.6. The number of anilines is 5. The summed E-state index contributed by atoms with van der Waals surface area (Å²) in [6.45, 7) is 19.2. The molecular weight excluding hydrogens is 728 g/mol. The Labute approximate surface area is 333 Å². The molecule has 0 bridgehead atoms. The number of aliphatic hydroxyl groups is 1. The van der Waals surface area contributed by atoms with Gasteiger partial charge >= 0.3 is 0 Å². The van der Waals surface area contributed by atoms with Gasteiger partial charge in [0.05, 0.1) is 35.8 Å². The number of hydrogen-bond donors (Lipinski definition) is 4. The number of carbonyl (C=O) groups excluding carboxylic acids is 2. The average Bonchev–Trinajstić information content (AvgIpc) is 3.18. The van der Waals surface area contributed by atoms with Crippen LogP contribution in [0.25, 0.3) is 11.4 Å². The van der Waals surface area contributed by atoms with Crippen molar-refractivity contribution in [3.63, 3.8) is 0 Å². The fourth-order valence-corrected chi connectivity index (χ4v) is 7.25. The minimum Gasteiger partial charge on any atom is -0.485 e. The molecule has 0 aliphatic carbocycles. The van der Waals surface area contributed by atoms with Crippen LogP contribution in [0.5, 0.6) is 5.75 Å². The molecule has 2 aliphatic heterocycles. The van der Waals surface area contributed by atoms with Gasteiger partial charge in [-0.15, -0.1) is 0 Å². The number of benzene rings is 2. The van der Waals surface area contributed by atoms with Crippen molar-refractivity contribution in [2.45, 2.75) is 84.6 Å². The van der Waals surface area contributed by atoms with E-state index in [9.17, 15) is 14.7 Å². The minimum atomic E-state index is -0.713. The Balaban J connectivity index is 1.29. The van der Waals surface area contributed by atoms with Crippen LogP contribution in [-0.2, 0) is 21.6 Å². The Kier molecular flexibility index (Phi) is 12.9. The van der Waals surface area contributed by atoms with Crippen LogP contribution in [0, 0.1) is 5.82 Å². The molecule has 2 aromatic carbocycles. The largest absolute Gasteiger partial charge is 0.485 e. The van der Waals surface area contributed by atoms with Crippen LogP contribution in [0.4, 0.5) is 33.1 Å². The van der Waals surface area contributed by atoms with Gasteiger partial charge in [0.15, 0.2) is 17.4 Å². The van der Waals surface area contributed by atoms with Crippen molar-refractivity contribution in [1.29, 1.82) is 0 Å². The van der Waals surface area contributed by atoms with Crippen LogP contribution < -0.4 is 25.6 Å². The van der Waals surface area contributed by atoms with Gasteiger partial charge in [0, 0.05) is 67.9 Å². The smallest absolute Gasteiger partial charge is 0.259 e. The topological polar surface area (TPSA) is 154 Å². The van der Waals surface area contributed by atoms with E-state index in [1.165, 1.54) is 30.6 Å². The first-order chi connectivity index (χ1) is 27.2. The summed E-state index contributed by atoms with van der Waals surface area (Å²) in [5.41, 5.74) is 3.06. The molecule has 4 heterocycles. The van der Waals surface area contributed by atoms with E-state index >= 15 is 4.39 Å². The quantitative estimate of drug-likeness (QED) is 0.109. The van der Waals surface area contributed by atoms with Crippen molar-refractivity contribution >= 4 is 40.5 Å². The molecule has 2 amide bonds. The standard InChI is InChI=1S/C43H53FN8O5/c1-8-38(54)48-35-22-29(10-12-36(35)52-18-17-51(24-27(52)4)30-14-19-56-20-15-30)47-41-37(57-26(2)3)23-46-39(49-41)31-13-16-45-40(33(31)25-53)50-42(55)32-11-9-28(21-34(32)44)43(5,6)7/h8-13,16,21-23,26-27,30,53H,1,14-15,17-20,24-25H2,2-7H3,(H,48,54)(H,45,50,55)(H,46,47,49)/t27-/m0/s1. The molecule has 0 unspecified atom stereocenters. The predicted molar refractivity (Wildman–Crippen MR) is 221 cm³/mol. The number of carbonyl (C=O) groups is 2. The lowest BCUT2D eigenvalue weighted by Crippen LogP contribution is -2.56. The highest BCUT2D eigenvalue weighted by molar-refractivity contribution is 6.05. The number of ether oxygens (including phenoxy) is 2. The molecule has 6 rings (SSSR count). The highest BCUT2D eigenvalue weighted by atomic mass is 19.1. The van der Waals surface area contributed by atoms with Crippen LogP contribution >= 0.6 is 0 Å². The minimum absolute atomic E-state index is 0.0425. The summed E-state index contributed by atoms with van der Waals surface area (Å²) in [7, 11) is 0. The Morgan fingerprint density at radius 2 is 1.84 bits per heavy atom. The maximum atomic E-state index is 15.1. The van der Waals surface area contributed by atoms with Crippen LogP contribution in [-0.4, -0.2) is 87.8 Å². The second-order valence-corrected chi connectivity index (χ2v) is 15.7. The summed E-state index contributed by atoms with van der Waals surface area (Å²) in [6.07, 6.45) is 6.09. The third-order valence-electron chi connectivity index (χ3n) is 10.3. The Morgan fingerprint density at radius 3 is 2.51 bits per heavy atom. The first-order valence-corrected chi connectivity index (χ1v) is 19.4. The molecule has 4 N–H and O–H groups in total. The van der Waals surface area contributed by atoms with Crippen LogP contribution in [0.3, 0.4) is 0 Å². The van der Waals surface area contributed by atoms with Crippen molar-refractivity contribution in [3.8, 4) is 17.1 Å². The fraction of sp³-hybridized carbons (Fsp3) is 0.419. The molecule has 13 nitrogen and oxygen atoms in total. The SMILES string of the molecule is C=CC(=O)Nc1cc(Nc2nc(-c3ccnc(NC(=O)c4ccc(C(C)(C)C)cc4F)c3CO)ncc2OC(C)C)ccc1N1CCN(C2CCOCC2)C[C@@H]1C. The Bertz CT molecular complexity index is 2100. The molecule has 0 spiro atoms. The van der Waals surface area contributed by atoms with Crippen LogP contribution in [0.2, 0.25) is 0 Å². The van der Waals surface area contributed by atoms with E-state index in [1.54, 1.807) is 12.1 Å². The van der Waals surface area contributed by atoms with Gasteiger partial charge in [-0.3, -0.25) is 14.5 Å². The number of hydrogen-bond acceptors (Lipinski definition) is 11. The van der Waals surface area contributed by atoms with Gasteiger partial charge in [0.2, 0.25) is 5.91 Å². The van der Waals surface area contributed by atoms with Gasteiger partial charge in [-0.25, -0.2) is 19.3 Å².